The van der Waals surface area contributed by atoms with Gasteiger partial charge < -0.3 is 29.7 Å². The van der Waals surface area contributed by atoms with Crippen molar-refractivity contribution in [1.29, 1.82) is 0 Å². The molecule has 0 aliphatic carbocycles. The normalized spacial score (nSPS) is 29.1. The topological polar surface area (TPSA) is 125 Å². The van der Waals surface area contributed by atoms with Gasteiger partial charge in [-0.1, -0.05) is 19.1 Å². The van der Waals surface area contributed by atoms with Gasteiger partial charge in [0.25, 0.3) is 0 Å². The third-order valence-electron chi connectivity index (χ3n) is 8.03. The van der Waals surface area contributed by atoms with Crippen molar-refractivity contribution in [2.75, 3.05) is 19.7 Å². The lowest BCUT2D eigenvalue weighted by Gasteiger charge is -2.40. The van der Waals surface area contributed by atoms with E-state index in [0.717, 1.165) is 0 Å². The lowest BCUT2D eigenvalue weighted by molar-refractivity contribution is -0.160. The number of carbonyl (C=O) groups excluding carboxylic acids is 4. The number of rotatable bonds is 14. The number of likely N-dealkylation sites (tertiary alicyclic amines) is 1. The predicted octanol–water partition coefficient (Wildman–Crippen LogP) is 1.57. The number of nitrogens with zero attached hydrogens (tertiary/aromatic N) is 2. The van der Waals surface area contributed by atoms with Gasteiger partial charge in [-0.25, -0.2) is 0 Å². The molecule has 0 aromatic heterocycles. The molecule has 3 amide bonds. The summed E-state index contributed by atoms with van der Waals surface area (Å²) in [5.74, 6) is -3.11. The number of nitrogens with one attached hydrogen (secondary N) is 1. The summed E-state index contributed by atoms with van der Waals surface area (Å²) < 4.78 is 12.1. The molecule has 212 valence electrons. The lowest BCUT2D eigenvalue weighted by atomic mass is 9.70. The molecule has 3 heterocycles. The highest BCUT2D eigenvalue weighted by atomic mass is 16.6. The molecule has 3 aliphatic rings. The molecule has 3 rings (SSSR count). The fourth-order valence-electron chi connectivity index (χ4n) is 6.19. The predicted molar refractivity (Wildman–Crippen MR) is 141 cm³/mol. The maximum atomic E-state index is 14.0. The summed E-state index contributed by atoms with van der Waals surface area (Å²) in [6.45, 7) is 14.8. The Bertz CT molecular complexity index is 933. The highest BCUT2D eigenvalue weighted by Gasteiger charge is 2.75. The number of hydrogen-bond donors (Lipinski definition) is 2. The lowest BCUT2D eigenvalue weighted by Crippen LogP contribution is -2.59. The zero-order valence-electron chi connectivity index (χ0n) is 23.1. The van der Waals surface area contributed by atoms with Crippen molar-refractivity contribution in [1.82, 2.24) is 15.1 Å². The highest BCUT2D eigenvalue weighted by Crippen LogP contribution is 2.59. The summed E-state index contributed by atoms with van der Waals surface area (Å²) in [7, 11) is 0. The minimum atomic E-state index is -1.17. The first-order valence-corrected chi connectivity index (χ1v) is 13.7. The van der Waals surface area contributed by atoms with Gasteiger partial charge in [-0.15, -0.1) is 13.2 Å². The molecule has 3 aliphatic heterocycles. The van der Waals surface area contributed by atoms with Gasteiger partial charge in [-0.3, -0.25) is 19.2 Å². The second-order valence-corrected chi connectivity index (χ2v) is 10.8. The standard InChI is InChI=1S/C28H43N3O7/c1-7-10-11-21(33)29-15-18(6)37-27(36)22-20-12-13-28(38-20)23(22)25(34)31(19(9-3)16-32)24(28)26(35)30(14-8-2)17(4)5/h7-8,17-20,22-24,32H,1-2,9-16H2,3-6H3,(H,29,33)/t18-,19-,20+,22-,23-,24+,28-/m0/s1. The third-order valence-corrected chi connectivity index (χ3v) is 8.03. The van der Waals surface area contributed by atoms with E-state index in [-0.39, 0.29) is 36.9 Å². The van der Waals surface area contributed by atoms with E-state index in [0.29, 0.717) is 38.6 Å². The highest BCUT2D eigenvalue weighted by molar-refractivity contribution is 5.98. The molecule has 3 saturated heterocycles. The molecule has 0 unspecified atom stereocenters. The molecule has 7 atom stereocenters. The minimum absolute atomic E-state index is 0.143. The Morgan fingerprint density at radius 3 is 2.58 bits per heavy atom. The summed E-state index contributed by atoms with van der Waals surface area (Å²) in [4.78, 5) is 56.5. The molecule has 2 N–H and O–H groups in total. The first-order valence-electron chi connectivity index (χ1n) is 13.7. The molecule has 2 bridgehead atoms. The van der Waals surface area contributed by atoms with Crippen molar-refractivity contribution in [2.24, 2.45) is 11.8 Å². The Kier molecular flexibility index (Phi) is 9.75. The van der Waals surface area contributed by atoms with E-state index < -0.39 is 47.7 Å². The van der Waals surface area contributed by atoms with Gasteiger partial charge in [0.05, 0.1) is 37.1 Å². The van der Waals surface area contributed by atoms with E-state index in [4.69, 9.17) is 9.47 Å². The molecular formula is C28H43N3O7. The summed E-state index contributed by atoms with van der Waals surface area (Å²) in [5, 5.41) is 12.9. The van der Waals surface area contributed by atoms with Crippen LogP contribution < -0.4 is 5.32 Å². The summed E-state index contributed by atoms with van der Waals surface area (Å²) >= 11 is 0. The zero-order chi connectivity index (χ0) is 28.2. The largest absolute Gasteiger partial charge is 0.460 e. The van der Waals surface area contributed by atoms with Crippen molar-refractivity contribution in [3.63, 3.8) is 0 Å². The number of aliphatic hydroxyl groups excluding tert-OH is 1. The Hall–Kier alpha value is -2.72. The van der Waals surface area contributed by atoms with Gasteiger partial charge in [0.2, 0.25) is 17.7 Å². The van der Waals surface area contributed by atoms with Crippen molar-refractivity contribution in [3.05, 3.63) is 25.3 Å². The molecule has 0 aromatic carbocycles. The van der Waals surface area contributed by atoms with Gasteiger partial charge in [-0.2, -0.15) is 0 Å². The Morgan fingerprint density at radius 2 is 2.00 bits per heavy atom. The third kappa shape index (κ3) is 5.38. The number of fused-ring (bicyclic) bond motifs is 1. The molecule has 38 heavy (non-hydrogen) atoms. The first-order chi connectivity index (χ1) is 18.1. The van der Waals surface area contributed by atoms with E-state index >= 15 is 0 Å². The minimum Gasteiger partial charge on any atom is -0.460 e. The van der Waals surface area contributed by atoms with Crippen LogP contribution in [-0.4, -0.2) is 94.2 Å². The average Bonchev–Trinajstić information content (AvgIpc) is 3.52. The summed E-state index contributed by atoms with van der Waals surface area (Å²) in [6.07, 6.45) is 4.43. The molecule has 0 aromatic rings. The second kappa shape index (κ2) is 12.4. The van der Waals surface area contributed by atoms with Crippen LogP contribution in [0.15, 0.2) is 25.3 Å². The Morgan fingerprint density at radius 1 is 1.29 bits per heavy atom. The van der Waals surface area contributed by atoms with Crippen molar-refractivity contribution < 1.29 is 33.8 Å². The maximum absolute atomic E-state index is 14.0. The van der Waals surface area contributed by atoms with Crippen molar-refractivity contribution in [3.8, 4) is 0 Å². The molecule has 0 saturated carbocycles. The molecule has 0 radical (unpaired) electrons. The number of allylic oxidation sites excluding steroid dienone is 1. The fraction of sp³-hybridized carbons (Fsp3) is 0.714. The SMILES string of the molecule is C=CCCC(=O)NC[C@H](C)OC(=O)[C@@H]1[C@H]2C(=O)N([C@@H](CC)CO)[C@H](C(=O)N(CC=C)C(C)C)[C@]23CC[C@H]1O3. The molecular weight excluding hydrogens is 490 g/mol. The second-order valence-electron chi connectivity index (χ2n) is 10.8. The van der Waals surface area contributed by atoms with Gasteiger partial charge in [0.1, 0.15) is 17.7 Å². The van der Waals surface area contributed by atoms with Gasteiger partial charge in [0, 0.05) is 19.0 Å². The molecule has 3 fully saturated rings. The van der Waals surface area contributed by atoms with Crippen LogP contribution in [0.25, 0.3) is 0 Å². The molecule has 10 heteroatoms. The van der Waals surface area contributed by atoms with Crippen LogP contribution in [0.5, 0.6) is 0 Å². The van der Waals surface area contributed by atoms with E-state index in [1.54, 1.807) is 24.0 Å². The van der Waals surface area contributed by atoms with E-state index in [9.17, 15) is 24.3 Å². The molecule has 10 nitrogen and oxygen atoms in total. The van der Waals surface area contributed by atoms with Crippen LogP contribution in [0.4, 0.5) is 0 Å². The Balaban J connectivity index is 1.87. The quantitative estimate of drug-likeness (QED) is 0.256. The number of esters is 1. The van der Waals surface area contributed by atoms with Crippen LogP contribution in [-0.2, 0) is 28.7 Å². The van der Waals surface area contributed by atoms with E-state index in [2.05, 4.69) is 18.5 Å². The van der Waals surface area contributed by atoms with Crippen LogP contribution in [0.1, 0.15) is 59.8 Å². The number of aliphatic hydroxyl groups is 1. The van der Waals surface area contributed by atoms with Crippen LogP contribution in [0, 0.1) is 11.8 Å². The number of hydrogen-bond acceptors (Lipinski definition) is 7. The van der Waals surface area contributed by atoms with Crippen LogP contribution in [0.3, 0.4) is 0 Å². The maximum Gasteiger partial charge on any atom is 0.312 e. The van der Waals surface area contributed by atoms with Crippen LogP contribution >= 0.6 is 0 Å². The van der Waals surface area contributed by atoms with E-state index in [1.807, 2.05) is 20.8 Å². The van der Waals surface area contributed by atoms with Crippen LogP contribution in [0.2, 0.25) is 0 Å². The summed E-state index contributed by atoms with van der Waals surface area (Å²) in [6, 6.07) is -1.69. The van der Waals surface area contributed by atoms with Gasteiger partial charge >= 0.3 is 5.97 Å². The number of carbonyl (C=O) groups is 4. The first kappa shape index (κ1) is 29.8. The molecule has 1 spiro atoms. The van der Waals surface area contributed by atoms with E-state index in [1.165, 1.54) is 4.90 Å². The smallest absolute Gasteiger partial charge is 0.312 e. The van der Waals surface area contributed by atoms with Crippen molar-refractivity contribution >= 4 is 23.7 Å². The zero-order valence-corrected chi connectivity index (χ0v) is 23.1. The average molecular weight is 534 g/mol. The fourth-order valence-corrected chi connectivity index (χ4v) is 6.19. The monoisotopic (exact) mass is 533 g/mol. The van der Waals surface area contributed by atoms with Gasteiger partial charge in [-0.05, 0) is 46.5 Å². The Labute approximate surface area is 225 Å². The number of ether oxygens (including phenoxy) is 2. The van der Waals surface area contributed by atoms with Crippen molar-refractivity contribution in [2.45, 2.75) is 95.7 Å². The van der Waals surface area contributed by atoms with Gasteiger partial charge in [0.15, 0.2) is 0 Å². The summed E-state index contributed by atoms with van der Waals surface area (Å²) in [5.41, 5.74) is -1.17. The number of amides is 3.